The summed E-state index contributed by atoms with van der Waals surface area (Å²) in [6.45, 7) is 1.38. The maximum atomic E-state index is 11.4. The smallest absolute Gasteiger partial charge is 0.292 e. The van der Waals surface area contributed by atoms with E-state index in [0.717, 1.165) is 6.20 Å². The van der Waals surface area contributed by atoms with Crippen molar-refractivity contribution in [3.63, 3.8) is 0 Å². The van der Waals surface area contributed by atoms with E-state index in [4.69, 9.17) is 0 Å². The molecule has 0 aliphatic rings. The van der Waals surface area contributed by atoms with E-state index in [0.29, 0.717) is 11.4 Å². The van der Waals surface area contributed by atoms with Crippen molar-refractivity contribution in [3.05, 3.63) is 36.2 Å². The molecule has 0 radical (unpaired) electrons. The number of carbonyl (C=O) groups excluding carboxylic acids is 2. The zero-order chi connectivity index (χ0) is 13.5. The van der Waals surface area contributed by atoms with Gasteiger partial charge in [0, 0.05) is 20.2 Å². The van der Waals surface area contributed by atoms with Crippen LogP contribution >= 0.6 is 0 Å². The lowest BCUT2D eigenvalue weighted by molar-refractivity contribution is -0.115. The Kier molecular flexibility index (Phi) is 4.58. The number of aliphatic hydroxyl groups is 1. The number of aliphatic hydroxyl groups excluding tert-OH is 1. The van der Waals surface area contributed by atoms with Crippen molar-refractivity contribution < 1.29 is 14.7 Å². The number of rotatable bonds is 4. The third kappa shape index (κ3) is 4.06. The lowest BCUT2D eigenvalue weighted by Gasteiger charge is -2.03. The van der Waals surface area contributed by atoms with E-state index >= 15 is 0 Å². The van der Waals surface area contributed by atoms with Crippen molar-refractivity contribution >= 4 is 23.2 Å². The molecule has 94 valence electrons. The fourth-order valence-electron chi connectivity index (χ4n) is 1.11. The lowest BCUT2D eigenvalue weighted by Crippen LogP contribution is -2.15. The van der Waals surface area contributed by atoms with Crippen molar-refractivity contribution in [2.24, 2.45) is 0 Å². The summed E-state index contributed by atoms with van der Waals surface area (Å²) >= 11 is 0. The van der Waals surface area contributed by atoms with Gasteiger partial charge in [0.1, 0.15) is 0 Å². The van der Waals surface area contributed by atoms with Crippen molar-refractivity contribution in [3.8, 4) is 0 Å². The van der Waals surface area contributed by atoms with Gasteiger partial charge in [0.25, 0.3) is 5.91 Å². The average molecular weight is 247 g/mol. The van der Waals surface area contributed by atoms with Gasteiger partial charge in [0.05, 0.1) is 11.4 Å². The normalized spacial score (nSPS) is 10.2. The molecule has 0 heterocycles. The summed E-state index contributed by atoms with van der Waals surface area (Å²) < 4.78 is 0. The number of amides is 2. The van der Waals surface area contributed by atoms with Gasteiger partial charge in [-0.3, -0.25) is 9.59 Å². The van der Waals surface area contributed by atoms with Gasteiger partial charge in [0.2, 0.25) is 5.91 Å². The van der Waals surface area contributed by atoms with Gasteiger partial charge in [-0.05, 0) is 24.3 Å². The monoisotopic (exact) mass is 247 g/mol. The minimum atomic E-state index is -0.665. The molecule has 0 atom stereocenters. The number of hydrogen-bond acceptors (Lipinski definition) is 4. The van der Waals surface area contributed by atoms with Gasteiger partial charge in [-0.2, -0.15) is 0 Å². The van der Waals surface area contributed by atoms with Crippen molar-refractivity contribution in [2.45, 2.75) is 6.92 Å². The molecule has 4 N–H and O–H groups in total. The third-order valence-corrected chi connectivity index (χ3v) is 1.82. The molecule has 0 aromatic heterocycles. The maximum absolute atomic E-state index is 11.4. The molecule has 0 saturated heterocycles. The van der Waals surface area contributed by atoms with Gasteiger partial charge in [-0.25, -0.2) is 0 Å². The molecule has 0 aliphatic heterocycles. The van der Waals surface area contributed by atoms with Gasteiger partial charge < -0.3 is 21.1 Å². The fraction of sp³-hybridized carbons (Fsp3) is 0.167. The minimum Gasteiger partial charge on any atom is -0.502 e. The van der Waals surface area contributed by atoms with Gasteiger partial charge in [-0.15, -0.1) is 0 Å². The highest BCUT2D eigenvalue weighted by Crippen LogP contribution is 2.08. The molecular weight excluding hydrogens is 234 g/mol. The summed E-state index contributed by atoms with van der Waals surface area (Å²) in [5, 5.41) is 16.7. The molecule has 18 heavy (non-hydrogen) atoms. The van der Waals surface area contributed by atoms with E-state index < -0.39 is 11.7 Å². The topological polar surface area (TPSA) is 90.5 Å². The highest BCUT2D eigenvalue weighted by Gasteiger charge is 2.07. The zero-order valence-corrected chi connectivity index (χ0v) is 10.00. The van der Waals surface area contributed by atoms with E-state index in [-0.39, 0.29) is 5.91 Å². The molecule has 0 bridgehead atoms. The Morgan fingerprint density at radius 1 is 1.22 bits per heavy atom. The van der Waals surface area contributed by atoms with E-state index in [2.05, 4.69) is 28.1 Å². The summed E-state index contributed by atoms with van der Waals surface area (Å²) in [6.07, 6.45) is 1.16. The average Bonchev–Trinajstić information content (AvgIpc) is 2.31. The van der Waals surface area contributed by atoms with Crippen LogP contribution in [-0.4, -0.2) is 24.0 Å². The molecule has 1 aromatic carbocycles. The van der Waals surface area contributed by atoms with Crippen LogP contribution in [0.3, 0.4) is 0 Å². The molecular formula is C12H13N3O3. The minimum absolute atomic E-state index is 0.217. The molecule has 1 aromatic rings. The first kappa shape index (κ1) is 13.4. The number of nitrogens with one attached hydrogen (secondary N) is 3. The van der Waals surface area contributed by atoms with Crippen LogP contribution in [0.25, 0.3) is 0 Å². The molecule has 0 aliphatic carbocycles. The SMILES string of the molecule is CN/C=C(\O)C(=O)Nc1c#cc(NC(C)=O)cc1. The zero-order valence-electron chi connectivity index (χ0n) is 10.00. The first-order valence-corrected chi connectivity index (χ1v) is 5.12. The standard InChI is InChI=1S/C12H13N3O3/c1-8(16)14-9-3-5-10(6-4-9)15-12(18)11(17)7-13-2/h3,5,7,13,17H,1-2H3,(H,14,16)(H,15,18)/b11-7-. The van der Waals surface area contributed by atoms with Crippen LogP contribution in [0.1, 0.15) is 6.92 Å². The van der Waals surface area contributed by atoms with Crippen molar-refractivity contribution in [2.75, 3.05) is 17.7 Å². The maximum Gasteiger partial charge on any atom is 0.292 e. The second-order valence-corrected chi connectivity index (χ2v) is 3.36. The van der Waals surface area contributed by atoms with Gasteiger partial charge in [-0.1, -0.05) is 0 Å². The summed E-state index contributed by atoms with van der Waals surface area (Å²) in [5.41, 5.74) is 0.792. The molecule has 0 unspecified atom stereocenters. The van der Waals surface area contributed by atoms with Crippen LogP contribution in [0, 0.1) is 12.1 Å². The number of hydrogen-bond donors (Lipinski definition) is 4. The van der Waals surface area contributed by atoms with Gasteiger partial charge >= 0.3 is 0 Å². The molecule has 0 saturated carbocycles. The van der Waals surface area contributed by atoms with E-state index in [1.165, 1.54) is 13.0 Å². The van der Waals surface area contributed by atoms with E-state index in [9.17, 15) is 14.7 Å². The predicted molar refractivity (Wildman–Crippen MR) is 66.8 cm³/mol. The Balaban J connectivity index is 2.66. The highest BCUT2D eigenvalue weighted by atomic mass is 16.3. The van der Waals surface area contributed by atoms with Crippen LogP contribution in [-0.2, 0) is 9.59 Å². The first-order valence-electron chi connectivity index (χ1n) is 5.12. The summed E-state index contributed by atoms with van der Waals surface area (Å²) in [7, 11) is 1.56. The van der Waals surface area contributed by atoms with Crippen LogP contribution in [0.5, 0.6) is 0 Å². The first-order chi connectivity index (χ1) is 8.52. The summed E-state index contributed by atoms with van der Waals surface area (Å²) in [6, 6.07) is 8.39. The molecule has 6 heteroatoms. The molecule has 6 nitrogen and oxygen atoms in total. The summed E-state index contributed by atoms with van der Waals surface area (Å²) in [4.78, 5) is 22.2. The van der Waals surface area contributed by atoms with Crippen LogP contribution in [0.15, 0.2) is 24.1 Å². The van der Waals surface area contributed by atoms with Crippen molar-refractivity contribution in [1.29, 1.82) is 0 Å². The number of anilines is 2. The highest BCUT2D eigenvalue weighted by molar-refractivity contribution is 6.01. The Labute approximate surface area is 105 Å². The van der Waals surface area contributed by atoms with Crippen LogP contribution in [0.2, 0.25) is 0 Å². The Hall–Kier alpha value is -2.68. The Morgan fingerprint density at radius 2 is 1.78 bits per heavy atom. The molecule has 0 fully saturated rings. The predicted octanol–water partition coefficient (Wildman–Crippen LogP) is 0.803. The Morgan fingerprint density at radius 3 is 2.22 bits per heavy atom. The fourth-order valence-corrected chi connectivity index (χ4v) is 1.11. The van der Waals surface area contributed by atoms with Crippen LogP contribution < -0.4 is 16.0 Å². The molecule has 2 amide bonds. The quantitative estimate of drug-likeness (QED) is 0.468. The molecule has 1 rings (SSSR count). The van der Waals surface area contributed by atoms with Gasteiger partial charge in [0.15, 0.2) is 5.76 Å². The Bertz CT molecular complexity index is 466. The number of carbonyl (C=O) groups is 2. The second kappa shape index (κ2) is 6.15. The summed E-state index contributed by atoms with van der Waals surface area (Å²) in [5.74, 6) is -1.33. The lowest BCUT2D eigenvalue weighted by atomic mass is 10.3. The van der Waals surface area contributed by atoms with E-state index in [1.54, 1.807) is 13.1 Å². The third-order valence-electron chi connectivity index (χ3n) is 1.82. The van der Waals surface area contributed by atoms with Crippen molar-refractivity contribution in [1.82, 2.24) is 5.32 Å². The van der Waals surface area contributed by atoms with E-state index in [1.807, 2.05) is 0 Å². The molecule has 0 spiro atoms. The second-order valence-electron chi connectivity index (χ2n) is 3.36. The van der Waals surface area contributed by atoms with Crippen LogP contribution in [0.4, 0.5) is 11.4 Å². The largest absolute Gasteiger partial charge is 0.502 e.